The summed E-state index contributed by atoms with van der Waals surface area (Å²) in [4.78, 5) is 0. The van der Waals surface area contributed by atoms with E-state index in [9.17, 15) is 5.11 Å². The highest BCUT2D eigenvalue weighted by atomic mass is 33.1. The number of rotatable bonds is 1. The first-order valence-corrected chi connectivity index (χ1v) is 7.08. The van der Waals surface area contributed by atoms with E-state index in [0.717, 1.165) is 17.9 Å². The van der Waals surface area contributed by atoms with Crippen molar-refractivity contribution >= 4 is 21.6 Å². The van der Waals surface area contributed by atoms with E-state index in [1.165, 1.54) is 0 Å². The zero-order valence-electron chi connectivity index (χ0n) is 8.45. The molecule has 0 bridgehead atoms. The second-order valence-corrected chi connectivity index (χ2v) is 6.86. The molecule has 2 nitrogen and oxygen atoms in total. The number of aliphatic hydroxyl groups excluding tert-OH is 1. The minimum Gasteiger partial charge on any atom is -0.390 e. The molecule has 0 amide bonds. The summed E-state index contributed by atoms with van der Waals surface area (Å²) < 4.78 is 5.79. The third kappa shape index (κ3) is 4.58. The molecule has 1 rings (SSSR count). The van der Waals surface area contributed by atoms with E-state index in [0.29, 0.717) is 0 Å². The smallest absolute Gasteiger partial charge is 0.0939 e. The summed E-state index contributed by atoms with van der Waals surface area (Å²) in [7, 11) is 3.63. The summed E-state index contributed by atoms with van der Waals surface area (Å²) in [6.07, 6.45) is 0.556. The van der Waals surface area contributed by atoms with Crippen LogP contribution in [0.25, 0.3) is 0 Å². The van der Waals surface area contributed by atoms with Crippen molar-refractivity contribution in [1.82, 2.24) is 0 Å². The van der Waals surface area contributed by atoms with E-state index in [-0.39, 0.29) is 17.8 Å². The SMILES string of the molecule is CC(C)(C)OC1CSSCCC1O. The molecule has 1 aliphatic heterocycles. The maximum Gasteiger partial charge on any atom is 0.0939 e. The van der Waals surface area contributed by atoms with Crippen molar-refractivity contribution < 1.29 is 9.84 Å². The highest BCUT2D eigenvalue weighted by Gasteiger charge is 2.27. The quantitative estimate of drug-likeness (QED) is 0.690. The molecule has 4 heteroatoms. The Hall–Kier alpha value is 0.620. The average Bonchev–Trinajstić information content (AvgIpc) is 2.14. The van der Waals surface area contributed by atoms with Crippen molar-refractivity contribution in [3.05, 3.63) is 0 Å². The van der Waals surface area contributed by atoms with E-state index < -0.39 is 0 Å². The van der Waals surface area contributed by atoms with Crippen molar-refractivity contribution in [3.63, 3.8) is 0 Å². The fourth-order valence-corrected chi connectivity index (χ4v) is 3.52. The molecule has 78 valence electrons. The van der Waals surface area contributed by atoms with Gasteiger partial charge in [-0.1, -0.05) is 21.6 Å². The van der Waals surface area contributed by atoms with Crippen LogP contribution in [0.4, 0.5) is 0 Å². The highest BCUT2D eigenvalue weighted by molar-refractivity contribution is 8.76. The van der Waals surface area contributed by atoms with Gasteiger partial charge in [-0.2, -0.15) is 0 Å². The molecule has 0 saturated carbocycles. The van der Waals surface area contributed by atoms with Gasteiger partial charge in [0.25, 0.3) is 0 Å². The van der Waals surface area contributed by atoms with Crippen molar-refractivity contribution in [2.24, 2.45) is 0 Å². The molecule has 13 heavy (non-hydrogen) atoms. The Morgan fingerprint density at radius 2 is 2.00 bits per heavy atom. The Morgan fingerprint density at radius 1 is 1.31 bits per heavy atom. The lowest BCUT2D eigenvalue weighted by molar-refractivity contribution is -0.0990. The van der Waals surface area contributed by atoms with Crippen molar-refractivity contribution in [2.75, 3.05) is 11.5 Å². The van der Waals surface area contributed by atoms with Gasteiger partial charge in [-0.15, -0.1) is 0 Å². The molecule has 0 spiro atoms. The van der Waals surface area contributed by atoms with Gasteiger partial charge in [0.1, 0.15) is 0 Å². The minimum atomic E-state index is -0.290. The monoisotopic (exact) mass is 222 g/mol. The van der Waals surface area contributed by atoms with E-state index in [1.54, 1.807) is 10.8 Å². The normalized spacial score (nSPS) is 31.4. The first kappa shape index (κ1) is 11.7. The molecule has 0 radical (unpaired) electrons. The van der Waals surface area contributed by atoms with Crippen LogP contribution in [0.1, 0.15) is 27.2 Å². The molecular formula is C9H18O2S2. The van der Waals surface area contributed by atoms with Crippen LogP contribution in [0.2, 0.25) is 0 Å². The molecule has 1 aliphatic rings. The van der Waals surface area contributed by atoms with Crippen LogP contribution in [-0.2, 0) is 4.74 Å². The Morgan fingerprint density at radius 3 is 2.62 bits per heavy atom. The standard InChI is InChI=1S/C9H18O2S2/c1-9(2,3)11-8-6-13-12-5-4-7(8)10/h7-8,10H,4-6H2,1-3H3. The summed E-state index contributed by atoms with van der Waals surface area (Å²) in [5, 5.41) is 9.76. The van der Waals surface area contributed by atoms with Gasteiger partial charge in [0.05, 0.1) is 17.8 Å². The predicted molar refractivity (Wildman–Crippen MR) is 60.2 cm³/mol. The second-order valence-electron chi connectivity index (χ2n) is 4.23. The molecule has 0 aromatic heterocycles. The largest absolute Gasteiger partial charge is 0.390 e. The second kappa shape index (κ2) is 4.91. The summed E-state index contributed by atoms with van der Waals surface area (Å²) in [6.45, 7) is 6.09. The summed E-state index contributed by atoms with van der Waals surface area (Å²) in [5.74, 6) is 1.92. The fourth-order valence-electron chi connectivity index (χ4n) is 1.21. The first-order chi connectivity index (χ1) is 5.99. The Kier molecular flexibility index (Phi) is 4.42. The topological polar surface area (TPSA) is 29.5 Å². The van der Waals surface area contributed by atoms with E-state index in [4.69, 9.17) is 4.74 Å². The van der Waals surface area contributed by atoms with Gasteiger partial charge in [-0.05, 0) is 27.2 Å². The molecule has 0 aliphatic carbocycles. The van der Waals surface area contributed by atoms with Crippen molar-refractivity contribution in [2.45, 2.75) is 45.0 Å². The summed E-state index contributed by atoms with van der Waals surface area (Å²) in [6, 6.07) is 0. The van der Waals surface area contributed by atoms with Crippen LogP contribution in [0.5, 0.6) is 0 Å². The maximum absolute atomic E-state index is 9.76. The van der Waals surface area contributed by atoms with Crippen molar-refractivity contribution in [1.29, 1.82) is 0 Å². The van der Waals surface area contributed by atoms with E-state index in [1.807, 2.05) is 31.6 Å². The zero-order chi connectivity index (χ0) is 9.90. The molecule has 2 atom stereocenters. The van der Waals surface area contributed by atoms with Gasteiger partial charge in [0.15, 0.2) is 0 Å². The summed E-state index contributed by atoms with van der Waals surface area (Å²) >= 11 is 0. The van der Waals surface area contributed by atoms with Gasteiger partial charge in [0.2, 0.25) is 0 Å². The van der Waals surface area contributed by atoms with E-state index >= 15 is 0 Å². The molecule has 1 saturated heterocycles. The van der Waals surface area contributed by atoms with Crippen LogP contribution in [0.3, 0.4) is 0 Å². The minimum absolute atomic E-state index is 0.000000000000000222. The summed E-state index contributed by atoms with van der Waals surface area (Å²) in [5.41, 5.74) is -0.152. The van der Waals surface area contributed by atoms with E-state index in [2.05, 4.69) is 0 Å². The number of hydrogen-bond donors (Lipinski definition) is 1. The number of aliphatic hydroxyl groups is 1. The van der Waals surface area contributed by atoms with Crippen LogP contribution < -0.4 is 0 Å². The molecule has 1 fully saturated rings. The molecule has 2 unspecified atom stereocenters. The molecule has 1 heterocycles. The Labute approximate surface area is 88.2 Å². The van der Waals surface area contributed by atoms with Gasteiger partial charge >= 0.3 is 0 Å². The van der Waals surface area contributed by atoms with Crippen LogP contribution in [0, 0.1) is 0 Å². The van der Waals surface area contributed by atoms with Gasteiger partial charge in [0, 0.05) is 11.5 Å². The van der Waals surface area contributed by atoms with Crippen LogP contribution >= 0.6 is 21.6 Å². The van der Waals surface area contributed by atoms with Crippen LogP contribution in [-0.4, -0.2) is 34.4 Å². The molecule has 0 aromatic rings. The Bertz CT molecular complexity index is 156. The molecular weight excluding hydrogens is 204 g/mol. The average molecular weight is 222 g/mol. The molecule has 1 N–H and O–H groups in total. The lowest BCUT2D eigenvalue weighted by Gasteiger charge is -2.29. The van der Waals surface area contributed by atoms with Crippen molar-refractivity contribution in [3.8, 4) is 0 Å². The van der Waals surface area contributed by atoms with Gasteiger partial charge in [-0.25, -0.2) is 0 Å². The molecule has 0 aromatic carbocycles. The first-order valence-electron chi connectivity index (χ1n) is 4.59. The Balaban J connectivity index is 2.45. The van der Waals surface area contributed by atoms with Crippen LogP contribution in [0.15, 0.2) is 0 Å². The predicted octanol–water partition coefficient (Wildman–Crippen LogP) is 2.32. The number of ether oxygens (including phenoxy) is 1. The highest BCUT2D eigenvalue weighted by Crippen LogP contribution is 2.31. The maximum atomic E-state index is 9.76. The third-order valence-electron chi connectivity index (χ3n) is 1.75. The fraction of sp³-hybridized carbons (Fsp3) is 1.00. The number of hydrogen-bond acceptors (Lipinski definition) is 4. The van der Waals surface area contributed by atoms with Gasteiger partial charge in [-0.3, -0.25) is 0 Å². The zero-order valence-corrected chi connectivity index (χ0v) is 10.1. The lowest BCUT2D eigenvalue weighted by Crippen LogP contribution is -2.37. The third-order valence-corrected chi connectivity index (χ3v) is 4.19. The lowest BCUT2D eigenvalue weighted by atomic mass is 10.1. The van der Waals surface area contributed by atoms with Gasteiger partial charge < -0.3 is 9.84 Å².